The van der Waals surface area contributed by atoms with E-state index in [2.05, 4.69) is 13.8 Å². The quantitative estimate of drug-likeness (QED) is 0.442. The van der Waals surface area contributed by atoms with Crippen LogP contribution in [0.15, 0.2) is 0 Å². The summed E-state index contributed by atoms with van der Waals surface area (Å²) >= 11 is 0. The van der Waals surface area contributed by atoms with Crippen molar-refractivity contribution in [1.82, 2.24) is 4.90 Å². The molecule has 0 aliphatic heterocycles. The number of amides is 1. The Labute approximate surface area is 108 Å². The molecule has 0 unspecified atom stereocenters. The Morgan fingerprint density at radius 3 is 2.50 bits per heavy atom. The predicted molar refractivity (Wildman–Crippen MR) is 67.9 cm³/mol. The molecular formula is C12H24N2O4. The number of carbonyl (C=O) groups is 2. The Hall–Kier alpha value is -1.14. The molecule has 0 aromatic carbocycles. The summed E-state index contributed by atoms with van der Waals surface area (Å²) in [6.07, 6.45) is 0. The molecule has 0 saturated carbocycles. The first-order chi connectivity index (χ1) is 8.45. The highest BCUT2D eigenvalue weighted by Crippen LogP contribution is 1.98. The van der Waals surface area contributed by atoms with Crippen LogP contribution in [0.4, 0.5) is 0 Å². The third kappa shape index (κ3) is 10.0. The van der Waals surface area contributed by atoms with Gasteiger partial charge in [-0.15, -0.1) is 0 Å². The third-order valence-corrected chi connectivity index (χ3v) is 2.08. The van der Waals surface area contributed by atoms with Crippen LogP contribution in [0.3, 0.4) is 0 Å². The van der Waals surface area contributed by atoms with Crippen molar-refractivity contribution in [3.05, 3.63) is 0 Å². The Morgan fingerprint density at radius 1 is 1.33 bits per heavy atom. The molecule has 0 saturated heterocycles. The first-order valence-corrected chi connectivity index (χ1v) is 6.19. The van der Waals surface area contributed by atoms with Gasteiger partial charge in [0.1, 0.15) is 6.61 Å². The maximum absolute atomic E-state index is 11.0. The molecule has 0 aliphatic rings. The van der Waals surface area contributed by atoms with Gasteiger partial charge in [0.2, 0.25) is 5.91 Å². The fraction of sp³-hybridized carbons (Fsp3) is 0.833. The molecule has 0 spiro atoms. The average molecular weight is 260 g/mol. The zero-order valence-corrected chi connectivity index (χ0v) is 11.5. The number of nitrogens with two attached hydrogens (primary N) is 1. The van der Waals surface area contributed by atoms with Crippen molar-refractivity contribution in [2.45, 2.75) is 20.8 Å². The van der Waals surface area contributed by atoms with Crippen molar-refractivity contribution in [3.63, 3.8) is 0 Å². The highest BCUT2D eigenvalue weighted by atomic mass is 16.6. The molecule has 0 heterocycles. The third-order valence-electron chi connectivity index (χ3n) is 2.08. The van der Waals surface area contributed by atoms with Crippen LogP contribution >= 0.6 is 0 Å². The monoisotopic (exact) mass is 260 g/mol. The summed E-state index contributed by atoms with van der Waals surface area (Å²) in [7, 11) is 0. The van der Waals surface area contributed by atoms with Gasteiger partial charge in [-0.25, -0.2) is 4.79 Å². The second kappa shape index (κ2) is 9.85. The molecule has 0 radical (unpaired) electrons. The summed E-state index contributed by atoms with van der Waals surface area (Å²) in [5.41, 5.74) is 5.17. The first-order valence-electron chi connectivity index (χ1n) is 6.19. The summed E-state index contributed by atoms with van der Waals surface area (Å²) in [6, 6.07) is 0. The second-order valence-electron chi connectivity index (χ2n) is 4.45. The summed E-state index contributed by atoms with van der Waals surface area (Å²) in [5, 5.41) is 0. The standard InChI is InChI=1S/C12H24N2O4/c1-4-18-12(16)9-17-6-5-14(7-10(2)3)8-11(13)15/h10H,4-9H2,1-3H3,(H2,13,15). The fourth-order valence-electron chi connectivity index (χ4n) is 1.52. The minimum atomic E-state index is -0.372. The van der Waals surface area contributed by atoms with Gasteiger partial charge in [0.15, 0.2) is 0 Å². The van der Waals surface area contributed by atoms with Crippen molar-refractivity contribution >= 4 is 11.9 Å². The molecule has 6 nitrogen and oxygen atoms in total. The number of esters is 1. The Balaban J connectivity index is 3.81. The van der Waals surface area contributed by atoms with Crippen LogP contribution in [-0.2, 0) is 19.1 Å². The van der Waals surface area contributed by atoms with Crippen molar-refractivity contribution in [3.8, 4) is 0 Å². The lowest BCUT2D eigenvalue weighted by Gasteiger charge is -2.22. The molecule has 2 N–H and O–H groups in total. The Morgan fingerprint density at radius 2 is 2.00 bits per heavy atom. The fourth-order valence-corrected chi connectivity index (χ4v) is 1.52. The topological polar surface area (TPSA) is 81.9 Å². The summed E-state index contributed by atoms with van der Waals surface area (Å²) in [5.74, 6) is -0.293. The van der Waals surface area contributed by atoms with Crippen LogP contribution in [0.1, 0.15) is 20.8 Å². The number of carbonyl (C=O) groups excluding carboxylic acids is 2. The number of primary amides is 1. The zero-order chi connectivity index (χ0) is 14.0. The lowest BCUT2D eigenvalue weighted by molar-refractivity contribution is -0.148. The van der Waals surface area contributed by atoms with Gasteiger partial charge in [-0.05, 0) is 12.8 Å². The predicted octanol–water partition coefficient (Wildman–Crippen LogP) is 0.00940. The number of ether oxygens (including phenoxy) is 2. The molecule has 0 bridgehead atoms. The molecule has 6 heteroatoms. The maximum Gasteiger partial charge on any atom is 0.332 e. The van der Waals surface area contributed by atoms with Crippen molar-refractivity contribution < 1.29 is 19.1 Å². The van der Waals surface area contributed by atoms with Crippen LogP contribution in [0.2, 0.25) is 0 Å². The van der Waals surface area contributed by atoms with E-state index in [9.17, 15) is 9.59 Å². The number of hydrogen-bond donors (Lipinski definition) is 1. The summed E-state index contributed by atoms with van der Waals surface area (Å²) < 4.78 is 9.90. The molecule has 0 fully saturated rings. The molecule has 0 aromatic heterocycles. The van der Waals surface area contributed by atoms with Crippen molar-refractivity contribution in [2.75, 3.05) is 39.5 Å². The van der Waals surface area contributed by atoms with Crippen molar-refractivity contribution in [2.24, 2.45) is 11.7 Å². The Kier molecular flexibility index (Phi) is 9.22. The highest BCUT2D eigenvalue weighted by Gasteiger charge is 2.10. The smallest absolute Gasteiger partial charge is 0.332 e. The van der Waals surface area contributed by atoms with Crippen molar-refractivity contribution in [1.29, 1.82) is 0 Å². The molecule has 0 atom stereocenters. The van der Waals surface area contributed by atoms with Gasteiger partial charge >= 0.3 is 5.97 Å². The molecule has 0 aliphatic carbocycles. The van der Waals surface area contributed by atoms with Gasteiger partial charge < -0.3 is 15.2 Å². The first kappa shape index (κ1) is 16.9. The lowest BCUT2D eigenvalue weighted by Crippen LogP contribution is -2.38. The van der Waals surface area contributed by atoms with Gasteiger partial charge in [0.25, 0.3) is 0 Å². The van der Waals surface area contributed by atoms with Crippen LogP contribution in [-0.4, -0.2) is 56.2 Å². The van der Waals surface area contributed by atoms with E-state index in [1.54, 1.807) is 6.92 Å². The van der Waals surface area contributed by atoms with Gasteiger partial charge in [-0.2, -0.15) is 0 Å². The van der Waals surface area contributed by atoms with E-state index in [-0.39, 0.29) is 25.0 Å². The number of hydrogen-bond acceptors (Lipinski definition) is 5. The highest BCUT2D eigenvalue weighted by molar-refractivity contribution is 5.75. The van der Waals surface area contributed by atoms with Crippen LogP contribution in [0, 0.1) is 5.92 Å². The molecule has 18 heavy (non-hydrogen) atoms. The number of nitrogens with zero attached hydrogens (tertiary/aromatic N) is 1. The molecule has 0 aromatic rings. The SMILES string of the molecule is CCOC(=O)COCCN(CC(N)=O)CC(C)C. The van der Waals surface area contributed by atoms with Gasteiger partial charge in [0, 0.05) is 13.1 Å². The molecular weight excluding hydrogens is 236 g/mol. The van der Waals surface area contributed by atoms with Gasteiger partial charge in [-0.3, -0.25) is 9.69 Å². The normalized spacial score (nSPS) is 10.9. The van der Waals surface area contributed by atoms with E-state index in [4.69, 9.17) is 15.2 Å². The van der Waals surface area contributed by atoms with Gasteiger partial charge in [-0.1, -0.05) is 13.8 Å². The van der Waals surface area contributed by atoms with Crippen LogP contribution < -0.4 is 5.73 Å². The van der Waals surface area contributed by atoms with E-state index in [1.165, 1.54) is 0 Å². The van der Waals surface area contributed by atoms with E-state index in [1.807, 2.05) is 4.90 Å². The molecule has 106 valence electrons. The van der Waals surface area contributed by atoms with Crippen LogP contribution in [0.5, 0.6) is 0 Å². The Bertz CT molecular complexity index is 256. The van der Waals surface area contributed by atoms with Gasteiger partial charge in [0.05, 0.1) is 19.8 Å². The van der Waals surface area contributed by atoms with E-state index in [0.29, 0.717) is 25.7 Å². The maximum atomic E-state index is 11.0. The zero-order valence-electron chi connectivity index (χ0n) is 11.5. The minimum absolute atomic E-state index is 0.0556. The minimum Gasteiger partial charge on any atom is -0.464 e. The largest absolute Gasteiger partial charge is 0.464 e. The van der Waals surface area contributed by atoms with E-state index >= 15 is 0 Å². The lowest BCUT2D eigenvalue weighted by atomic mass is 10.2. The van der Waals surface area contributed by atoms with E-state index in [0.717, 1.165) is 6.54 Å². The summed E-state index contributed by atoms with van der Waals surface area (Å²) in [6.45, 7) is 8.09. The molecule has 0 rings (SSSR count). The number of rotatable bonds is 10. The molecule has 1 amide bonds. The second-order valence-corrected chi connectivity index (χ2v) is 4.45. The van der Waals surface area contributed by atoms with E-state index < -0.39 is 0 Å². The summed E-state index contributed by atoms with van der Waals surface area (Å²) in [4.78, 5) is 23.8. The van der Waals surface area contributed by atoms with Crippen LogP contribution in [0.25, 0.3) is 0 Å². The average Bonchev–Trinajstić information content (AvgIpc) is 2.23.